The van der Waals surface area contributed by atoms with E-state index >= 15 is 0 Å². The SMILES string of the molecule is CC1CC2CCCC(C)(C)C2=CC1(C)CCO. The molecule has 2 aliphatic rings. The molecule has 0 aromatic rings. The van der Waals surface area contributed by atoms with Gasteiger partial charge in [-0.25, -0.2) is 0 Å². The minimum atomic E-state index is 0.217. The number of aliphatic hydroxyl groups excluding tert-OH is 1. The molecule has 17 heavy (non-hydrogen) atoms. The topological polar surface area (TPSA) is 20.2 Å². The van der Waals surface area contributed by atoms with Crippen LogP contribution in [0.1, 0.15) is 59.8 Å². The summed E-state index contributed by atoms with van der Waals surface area (Å²) in [6.45, 7) is 9.82. The zero-order valence-corrected chi connectivity index (χ0v) is 11.9. The average Bonchev–Trinajstić information content (AvgIpc) is 2.22. The van der Waals surface area contributed by atoms with Crippen molar-refractivity contribution in [2.75, 3.05) is 6.61 Å². The Kier molecular flexibility index (Phi) is 3.42. The van der Waals surface area contributed by atoms with Gasteiger partial charge >= 0.3 is 0 Å². The third-order valence-electron chi connectivity index (χ3n) is 5.48. The van der Waals surface area contributed by atoms with Crippen LogP contribution in [0.15, 0.2) is 11.6 Å². The van der Waals surface area contributed by atoms with Gasteiger partial charge in [-0.05, 0) is 48.3 Å². The largest absolute Gasteiger partial charge is 0.396 e. The summed E-state index contributed by atoms with van der Waals surface area (Å²) in [6, 6.07) is 0. The van der Waals surface area contributed by atoms with Crippen LogP contribution < -0.4 is 0 Å². The summed E-state index contributed by atoms with van der Waals surface area (Å²) in [5, 5.41) is 9.30. The molecule has 0 aromatic heterocycles. The lowest BCUT2D eigenvalue weighted by atomic mass is 9.57. The number of hydrogen-bond donors (Lipinski definition) is 1. The lowest BCUT2D eigenvalue weighted by Gasteiger charge is -2.48. The van der Waals surface area contributed by atoms with Crippen molar-refractivity contribution in [3.63, 3.8) is 0 Å². The van der Waals surface area contributed by atoms with Crippen LogP contribution in [0.5, 0.6) is 0 Å². The first kappa shape index (κ1) is 13.1. The lowest BCUT2D eigenvalue weighted by Crippen LogP contribution is -2.38. The van der Waals surface area contributed by atoms with Crippen molar-refractivity contribution in [2.45, 2.75) is 59.8 Å². The fourth-order valence-electron chi connectivity index (χ4n) is 3.95. The van der Waals surface area contributed by atoms with Crippen LogP contribution >= 0.6 is 0 Å². The summed E-state index contributed by atoms with van der Waals surface area (Å²) in [5.41, 5.74) is 2.30. The zero-order valence-electron chi connectivity index (χ0n) is 11.9. The van der Waals surface area contributed by atoms with Crippen LogP contribution in [-0.2, 0) is 0 Å². The number of aliphatic hydroxyl groups is 1. The van der Waals surface area contributed by atoms with Crippen molar-refractivity contribution in [1.29, 1.82) is 0 Å². The highest BCUT2D eigenvalue weighted by Crippen LogP contribution is 2.53. The van der Waals surface area contributed by atoms with E-state index in [9.17, 15) is 5.11 Å². The molecule has 2 rings (SSSR count). The van der Waals surface area contributed by atoms with Crippen molar-refractivity contribution in [3.05, 3.63) is 11.6 Å². The molecule has 0 bridgehead atoms. The zero-order chi connectivity index (χ0) is 12.7. The van der Waals surface area contributed by atoms with Crippen LogP contribution in [0.3, 0.4) is 0 Å². The highest BCUT2D eigenvalue weighted by atomic mass is 16.3. The van der Waals surface area contributed by atoms with Crippen LogP contribution in [0.2, 0.25) is 0 Å². The first-order valence-electron chi connectivity index (χ1n) is 7.23. The van der Waals surface area contributed by atoms with Crippen molar-refractivity contribution in [1.82, 2.24) is 0 Å². The summed E-state index contributed by atoms with van der Waals surface area (Å²) in [7, 11) is 0. The normalized spacial score (nSPS) is 40.6. The van der Waals surface area contributed by atoms with E-state index < -0.39 is 0 Å². The van der Waals surface area contributed by atoms with Gasteiger partial charge in [-0.15, -0.1) is 0 Å². The van der Waals surface area contributed by atoms with Gasteiger partial charge in [-0.2, -0.15) is 0 Å². The maximum atomic E-state index is 9.30. The molecule has 1 nitrogen and oxygen atoms in total. The number of hydrogen-bond acceptors (Lipinski definition) is 1. The molecule has 3 atom stereocenters. The van der Waals surface area contributed by atoms with Crippen LogP contribution in [-0.4, -0.2) is 11.7 Å². The third-order valence-corrected chi connectivity index (χ3v) is 5.48. The Morgan fingerprint density at radius 3 is 2.71 bits per heavy atom. The molecule has 1 heteroatoms. The van der Waals surface area contributed by atoms with Crippen LogP contribution in [0.4, 0.5) is 0 Å². The number of rotatable bonds is 2. The van der Waals surface area contributed by atoms with Crippen molar-refractivity contribution < 1.29 is 5.11 Å². The third kappa shape index (κ3) is 2.31. The van der Waals surface area contributed by atoms with Gasteiger partial charge in [0.15, 0.2) is 0 Å². The standard InChI is InChI=1S/C16H28O/c1-12-10-13-6-5-7-15(2,3)14(13)11-16(12,4)8-9-17/h11-13,17H,5-10H2,1-4H3. The van der Waals surface area contributed by atoms with Gasteiger partial charge in [0.1, 0.15) is 0 Å². The molecule has 0 aliphatic heterocycles. The second-order valence-electron chi connectivity index (χ2n) is 7.19. The molecule has 0 spiro atoms. The van der Waals surface area contributed by atoms with Crippen LogP contribution in [0.25, 0.3) is 0 Å². The lowest BCUT2D eigenvalue weighted by molar-refractivity contribution is 0.126. The van der Waals surface area contributed by atoms with Crippen molar-refractivity contribution >= 4 is 0 Å². The van der Waals surface area contributed by atoms with E-state index in [1.807, 2.05) is 0 Å². The molecule has 0 heterocycles. The van der Waals surface area contributed by atoms with E-state index in [4.69, 9.17) is 0 Å². The molecule has 0 amide bonds. The Morgan fingerprint density at radius 2 is 2.06 bits per heavy atom. The maximum Gasteiger partial charge on any atom is 0.0439 e. The first-order chi connectivity index (χ1) is 7.89. The van der Waals surface area contributed by atoms with Gasteiger partial charge in [-0.1, -0.05) is 45.8 Å². The number of allylic oxidation sites excluding steroid dienone is 2. The molecule has 0 radical (unpaired) electrons. The molecule has 2 aliphatic carbocycles. The van der Waals surface area contributed by atoms with E-state index in [0.29, 0.717) is 17.9 Å². The monoisotopic (exact) mass is 236 g/mol. The fraction of sp³-hybridized carbons (Fsp3) is 0.875. The van der Waals surface area contributed by atoms with Gasteiger partial charge in [-0.3, -0.25) is 0 Å². The van der Waals surface area contributed by atoms with E-state index in [0.717, 1.165) is 12.3 Å². The Hall–Kier alpha value is -0.300. The van der Waals surface area contributed by atoms with Gasteiger partial charge in [0.2, 0.25) is 0 Å². The van der Waals surface area contributed by atoms with Crippen molar-refractivity contribution in [3.8, 4) is 0 Å². The van der Waals surface area contributed by atoms with Gasteiger partial charge in [0.05, 0.1) is 0 Å². The van der Waals surface area contributed by atoms with Gasteiger partial charge < -0.3 is 5.11 Å². The smallest absolute Gasteiger partial charge is 0.0439 e. The first-order valence-corrected chi connectivity index (χ1v) is 7.23. The predicted molar refractivity (Wildman–Crippen MR) is 72.8 cm³/mol. The Balaban J connectivity index is 2.34. The molecule has 0 aromatic carbocycles. The second-order valence-corrected chi connectivity index (χ2v) is 7.19. The minimum Gasteiger partial charge on any atom is -0.396 e. The van der Waals surface area contributed by atoms with E-state index in [1.54, 1.807) is 5.57 Å². The second kappa shape index (κ2) is 4.42. The quantitative estimate of drug-likeness (QED) is 0.714. The van der Waals surface area contributed by atoms with E-state index in [-0.39, 0.29) is 5.41 Å². The average molecular weight is 236 g/mol. The van der Waals surface area contributed by atoms with Crippen molar-refractivity contribution in [2.24, 2.45) is 22.7 Å². The Labute approximate surface area is 106 Å². The van der Waals surface area contributed by atoms with E-state index in [1.165, 1.54) is 25.7 Å². The molecule has 1 saturated carbocycles. The summed E-state index contributed by atoms with van der Waals surface area (Å²) < 4.78 is 0. The van der Waals surface area contributed by atoms with Gasteiger partial charge in [0, 0.05) is 6.61 Å². The molecule has 0 saturated heterocycles. The van der Waals surface area contributed by atoms with Crippen LogP contribution in [0, 0.1) is 22.7 Å². The molecular weight excluding hydrogens is 208 g/mol. The number of fused-ring (bicyclic) bond motifs is 1. The predicted octanol–water partition coefficient (Wildman–Crippen LogP) is 4.17. The summed E-state index contributed by atoms with van der Waals surface area (Å²) in [5.74, 6) is 1.53. The summed E-state index contributed by atoms with van der Waals surface area (Å²) in [6.07, 6.45) is 8.89. The maximum absolute atomic E-state index is 9.30. The highest BCUT2D eigenvalue weighted by Gasteiger charge is 2.42. The Bertz CT molecular complexity index is 315. The molecule has 1 fully saturated rings. The Morgan fingerprint density at radius 1 is 1.35 bits per heavy atom. The fourth-order valence-corrected chi connectivity index (χ4v) is 3.95. The van der Waals surface area contributed by atoms with E-state index in [2.05, 4.69) is 33.8 Å². The molecule has 98 valence electrons. The summed E-state index contributed by atoms with van der Waals surface area (Å²) in [4.78, 5) is 0. The molecule has 3 unspecified atom stereocenters. The molecule has 1 N–H and O–H groups in total. The summed E-state index contributed by atoms with van der Waals surface area (Å²) >= 11 is 0. The van der Waals surface area contributed by atoms with Gasteiger partial charge in [0.25, 0.3) is 0 Å². The molecular formula is C16H28O. The highest BCUT2D eigenvalue weighted by molar-refractivity contribution is 5.25. The minimum absolute atomic E-state index is 0.217.